The first-order valence-corrected chi connectivity index (χ1v) is 7.00. The van der Waals surface area contributed by atoms with Gasteiger partial charge in [-0.25, -0.2) is 0 Å². The zero-order chi connectivity index (χ0) is 15.3. The second kappa shape index (κ2) is 4.44. The highest BCUT2D eigenvalue weighted by Gasteiger charge is 2.47. The Hall–Kier alpha value is -1.64. The van der Waals surface area contributed by atoms with Gasteiger partial charge in [-0.05, 0) is 37.3 Å². The molecule has 0 saturated carbocycles. The molecule has 0 spiro atoms. The molecule has 3 heteroatoms. The molecule has 0 fully saturated rings. The molecule has 1 atom stereocenters. The zero-order valence-corrected chi connectivity index (χ0v) is 13.2. The highest BCUT2D eigenvalue weighted by Crippen LogP contribution is 2.42. The molecule has 3 nitrogen and oxygen atoms in total. The summed E-state index contributed by atoms with van der Waals surface area (Å²) in [5.41, 5.74) is 1.98. The van der Waals surface area contributed by atoms with Gasteiger partial charge in [-0.1, -0.05) is 38.5 Å². The second-order valence-corrected chi connectivity index (χ2v) is 7.29. The van der Waals surface area contributed by atoms with E-state index in [0.717, 1.165) is 11.1 Å². The van der Waals surface area contributed by atoms with E-state index < -0.39 is 5.41 Å². The van der Waals surface area contributed by atoms with E-state index in [4.69, 9.17) is 0 Å². The van der Waals surface area contributed by atoms with Crippen molar-refractivity contribution in [2.24, 2.45) is 5.41 Å². The van der Waals surface area contributed by atoms with Gasteiger partial charge in [0.05, 0.1) is 5.41 Å². The first kappa shape index (κ1) is 14.8. The van der Waals surface area contributed by atoms with Crippen LogP contribution in [0.2, 0.25) is 0 Å². The summed E-state index contributed by atoms with van der Waals surface area (Å²) in [5, 5.41) is 0. The maximum Gasteiger partial charge on any atom is 0.260 e. The topological polar surface area (TPSA) is 37.4 Å². The number of likely N-dealkylation sites (N-methyl/N-ethyl adjacent to an activating group) is 1. The molecule has 2 rings (SSSR count). The predicted molar refractivity (Wildman–Crippen MR) is 79.7 cm³/mol. The van der Waals surface area contributed by atoms with Gasteiger partial charge in [0.2, 0.25) is 5.91 Å². The van der Waals surface area contributed by atoms with Gasteiger partial charge in [0.15, 0.2) is 0 Å². The van der Waals surface area contributed by atoms with E-state index in [0.29, 0.717) is 12.0 Å². The number of hydrogen-bond donors (Lipinski definition) is 0. The largest absolute Gasteiger partial charge is 0.281 e. The number of benzene rings is 1. The Morgan fingerprint density at radius 2 is 1.80 bits per heavy atom. The van der Waals surface area contributed by atoms with Crippen molar-refractivity contribution in [1.82, 2.24) is 4.90 Å². The molecule has 0 radical (unpaired) electrons. The van der Waals surface area contributed by atoms with Crippen LogP contribution in [0.1, 0.15) is 55.6 Å². The summed E-state index contributed by atoms with van der Waals surface area (Å²) in [7, 11) is 1.58. The predicted octanol–water partition coefficient (Wildman–Crippen LogP) is 3.30. The lowest BCUT2D eigenvalue weighted by Crippen LogP contribution is -2.52. The van der Waals surface area contributed by atoms with Crippen molar-refractivity contribution in [3.63, 3.8) is 0 Å². The molecule has 1 aliphatic heterocycles. The third-order valence-corrected chi connectivity index (χ3v) is 3.97. The fraction of sp³-hybridized carbons (Fsp3) is 0.529. The smallest absolute Gasteiger partial charge is 0.260 e. The molecule has 0 saturated heterocycles. The van der Waals surface area contributed by atoms with Crippen LogP contribution in [0.5, 0.6) is 0 Å². The third-order valence-electron chi connectivity index (χ3n) is 3.97. The van der Waals surface area contributed by atoms with Gasteiger partial charge in [-0.15, -0.1) is 0 Å². The standard InChI is InChI=1S/C17H23NO2/c1-11-7-8-12-13(9-11)17(5,10-16(2,3)4)15(20)18(6)14(12)19/h7-9H,10H2,1-6H3. The van der Waals surface area contributed by atoms with Crippen LogP contribution in [0.3, 0.4) is 0 Å². The van der Waals surface area contributed by atoms with Crippen molar-refractivity contribution < 1.29 is 9.59 Å². The Balaban J connectivity index is 2.68. The molecule has 1 heterocycles. The minimum atomic E-state index is -0.637. The fourth-order valence-electron chi connectivity index (χ4n) is 3.29. The number of hydrogen-bond acceptors (Lipinski definition) is 2. The van der Waals surface area contributed by atoms with Crippen LogP contribution in [0.15, 0.2) is 18.2 Å². The maximum absolute atomic E-state index is 12.7. The SMILES string of the molecule is Cc1ccc2c(c1)C(C)(CC(C)(C)C)C(=O)N(C)C2=O. The van der Waals surface area contributed by atoms with Crippen molar-refractivity contribution in [3.8, 4) is 0 Å². The van der Waals surface area contributed by atoms with Gasteiger partial charge in [0.1, 0.15) is 0 Å². The molecule has 0 bridgehead atoms. The molecule has 1 aliphatic rings. The molecule has 1 aromatic rings. The zero-order valence-electron chi connectivity index (χ0n) is 13.2. The highest BCUT2D eigenvalue weighted by atomic mass is 16.2. The van der Waals surface area contributed by atoms with Gasteiger partial charge in [0, 0.05) is 12.6 Å². The van der Waals surface area contributed by atoms with E-state index in [9.17, 15) is 9.59 Å². The molecule has 1 unspecified atom stereocenters. The number of carbonyl (C=O) groups is 2. The summed E-state index contributed by atoms with van der Waals surface area (Å²) in [5.74, 6) is -0.299. The third kappa shape index (κ3) is 2.26. The number of imide groups is 1. The van der Waals surface area contributed by atoms with Crippen molar-refractivity contribution in [2.45, 2.75) is 46.5 Å². The van der Waals surface area contributed by atoms with E-state index in [1.165, 1.54) is 4.90 Å². The molecule has 0 N–H and O–H groups in total. The minimum absolute atomic E-state index is 0.00660. The lowest BCUT2D eigenvalue weighted by atomic mass is 9.67. The Bertz CT molecular complexity index is 583. The number of carbonyl (C=O) groups excluding carboxylic acids is 2. The van der Waals surface area contributed by atoms with Crippen LogP contribution < -0.4 is 0 Å². The van der Waals surface area contributed by atoms with Crippen LogP contribution in [-0.4, -0.2) is 23.8 Å². The Morgan fingerprint density at radius 1 is 1.20 bits per heavy atom. The number of fused-ring (bicyclic) bond motifs is 1. The molecule has 0 aliphatic carbocycles. The molecule has 0 aromatic heterocycles. The Kier molecular flexibility index (Phi) is 3.28. The van der Waals surface area contributed by atoms with Gasteiger partial charge in [0.25, 0.3) is 5.91 Å². The van der Waals surface area contributed by atoms with Crippen LogP contribution in [0.4, 0.5) is 0 Å². The van der Waals surface area contributed by atoms with Crippen LogP contribution in [0.25, 0.3) is 0 Å². The average Bonchev–Trinajstić information content (AvgIpc) is 2.32. The van der Waals surface area contributed by atoms with Crippen molar-refractivity contribution in [2.75, 3.05) is 7.05 Å². The maximum atomic E-state index is 12.7. The average molecular weight is 273 g/mol. The monoisotopic (exact) mass is 273 g/mol. The fourth-order valence-corrected chi connectivity index (χ4v) is 3.29. The number of nitrogens with zero attached hydrogens (tertiary/aromatic N) is 1. The second-order valence-electron chi connectivity index (χ2n) is 7.29. The van der Waals surface area contributed by atoms with Crippen LogP contribution in [-0.2, 0) is 10.2 Å². The van der Waals surface area contributed by atoms with Crippen molar-refractivity contribution in [3.05, 3.63) is 34.9 Å². The Labute approximate surface area is 121 Å². The van der Waals surface area contributed by atoms with Crippen LogP contribution in [0, 0.1) is 12.3 Å². The van der Waals surface area contributed by atoms with Crippen molar-refractivity contribution >= 4 is 11.8 Å². The van der Waals surface area contributed by atoms with E-state index in [-0.39, 0.29) is 17.2 Å². The number of rotatable bonds is 1. The molecular formula is C17H23NO2. The first-order chi connectivity index (χ1) is 9.06. The lowest BCUT2D eigenvalue weighted by molar-refractivity contribution is -0.135. The van der Waals surface area contributed by atoms with Gasteiger partial charge >= 0.3 is 0 Å². The molecule has 20 heavy (non-hydrogen) atoms. The quantitative estimate of drug-likeness (QED) is 0.736. The molecular weight excluding hydrogens is 250 g/mol. The number of amides is 2. The van der Waals surface area contributed by atoms with Crippen molar-refractivity contribution in [1.29, 1.82) is 0 Å². The first-order valence-electron chi connectivity index (χ1n) is 7.00. The summed E-state index contributed by atoms with van der Waals surface area (Å²) in [6, 6.07) is 5.76. The van der Waals surface area contributed by atoms with E-state index in [1.54, 1.807) is 7.05 Å². The van der Waals surface area contributed by atoms with Gasteiger partial charge < -0.3 is 0 Å². The minimum Gasteiger partial charge on any atom is -0.281 e. The summed E-state index contributed by atoms with van der Waals surface area (Å²) < 4.78 is 0. The highest BCUT2D eigenvalue weighted by molar-refractivity contribution is 6.12. The normalized spacial score (nSPS) is 23.0. The summed E-state index contributed by atoms with van der Waals surface area (Å²) in [4.78, 5) is 26.3. The lowest BCUT2D eigenvalue weighted by Gasteiger charge is -2.41. The number of aryl methyl sites for hydroxylation is 1. The van der Waals surface area contributed by atoms with Gasteiger partial charge in [-0.3, -0.25) is 14.5 Å². The summed E-state index contributed by atoms with van der Waals surface area (Å²) >= 11 is 0. The van der Waals surface area contributed by atoms with E-state index in [1.807, 2.05) is 32.0 Å². The van der Waals surface area contributed by atoms with Crippen LogP contribution >= 0.6 is 0 Å². The molecule has 2 amide bonds. The van der Waals surface area contributed by atoms with E-state index >= 15 is 0 Å². The molecule has 108 valence electrons. The molecule has 1 aromatic carbocycles. The Morgan fingerprint density at radius 3 is 2.35 bits per heavy atom. The summed E-state index contributed by atoms with van der Waals surface area (Å²) in [6.45, 7) is 10.3. The van der Waals surface area contributed by atoms with Gasteiger partial charge in [-0.2, -0.15) is 0 Å². The summed E-state index contributed by atoms with van der Waals surface area (Å²) in [6.07, 6.45) is 0.715. The van der Waals surface area contributed by atoms with E-state index in [2.05, 4.69) is 20.8 Å².